The van der Waals surface area contributed by atoms with Crippen molar-refractivity contribution in [1.82, 2.24) is 24.7 Å². The largest absolute Gasteiger partial charge is 0.370 e. The third-order valence-corrected chi connectivity index (χ3v) is 5.84. The summed E-state index contributed by atoms with van der Waals surface area (Å²) < 4.78 is 0. The van der Waals surface area contributed by atoms with Gasteiger partial charge in [-0.05, 0) is 60.5 Å². The van der Waals surface area contributed by atoms with E-state index in [1.807, 2.05) is 13.8 Å². The Labute approximate surface area is 197 Å². The smallest absolute Gasteiger partial charge is 0.137 e. The second kappa shape index (κ2) is 15.0. The van der Waals surface area contributed by atoms with Crippen LogP contribution in [-0.2, 0) is 0 Å². The molecule has 1 atom stereocenters. The van der Waals surface area contributed by atoms with E-state index < -0.39 is 0 Å². The van der Waals surface area contributed by atoms with Gasteiger partial charge in [0.05, 0.1) is 0 Å². The first-order valence-electron chi connectivity index (χ1n) is 12.4. The van der Waals surface area contributed by atoms with E-state index in [4.69, 9.17) is 9.97 Å². The van der Waals surface area contributed by atoms with Gasteiger partial charge in [0.15, 0.2) is 0 Å². The molecule has 0 spiro atoms. The van der Waals surface area contributed by atoms with Crippen molar-refractivity contribution in [1.29, 1.82) is 0 Å². The number of hydrogen-bond donors (Lipinski definition) is 1. The summed E-state index contributed by atoms with van der Waals surface area (Å²) in [5, 5.41) is 3.53. The van der Waals surface area contributed by atoms with E-state index in [0.717, 1.165) is 87.1 Å². The molecule has 1 unspecified atom stereocenters. The Morgan fingerprint density at radius 1 is 1.16 bits per heavy atom. The van der Waals surface area contributed by atoms with Crippen LogP contribution in [0.1, 0.15) is 63.0 Å². The average molecular weight is 445 g/mol. The third kappa shape index (κ3) is 9.29. The predicted molar refractivity (Wildman–Crippen MR) is 140 cm³/mol. The zero-order valence-electron chi connectivity index (χ0n) is 22.0. The highest BCUT2D eigenvalue weighted by molar-refractivity contribution is 5.46. The van der Waals surface area contributed by atoms with Crippen LogP contribution in [0.5, 0.6) is 0 Å². The van der Waals surface area contributed by atoms with Gasteiger partial charge < -0.3 is 20.0 Å². The first-order valence-corrected chi connectivity index (χ1v) is 12.4. The second-order valence-corrected chi connectivity index (χ2v) is 8.76. The molecule has 1 saturated heterocycles. The summed E-state index contributed by atoms with van der Waals surface area (Å²) >= 11 is 0. The number of rotatable bonds is 11. The van der Waals surface area contributed by atoms with Crippen molar-refractivity contribution in [3.05, 3.63) is 41.5 Å². The third-order valence-electron chi connectivity index (χ3n) is 5.84. The molecule has 1 aliphatic heterocycles. The van der Waals surface area contributed by atoms with Gasteiger partial charge in [0, 0.05) is 55.6 Å². The summed E-state index contributed by atoms with van der Waals surface area (Å²) in [6.07, 6.45) is 7.65. The van der Waals surface area contributed by atoms with Gasteiger partial charge in [0.2, 0.25) is 0 Å². The quantitative estimate of drug-likeness (QED) is 0.395. The topological polar surface area (TPSA) is 47.5 Å². The van der Waals surface area contributed by atoms with Crippen LogP contribution in [0.15, 0.2) is 24.4 Å². The Hall–Kier alpha value is -1.92. The molecule has 1 aromatic rings. The highest BCUT2D eigenvalue weighted by atomic mass is 15.2. The van der Waals surface area contributed by atoms with E-state index >= 15 is 0 Å². The molecule has 0 saturated carbocycles. The lowest BCUT2D eigenvalue weighted by Crippen LogP contribution is -2.43. The van der Waals surface area contributed by atoms with Crippen molar-refractivity contribution >= 4 is 5.82 Å². The van der Waals surface area contributed by atoms with Crippen molar-refractivity contribution in [2.75, 3.05) is 65.7 Å². The van der Waals surface area contributed by atoms with Gasteiger partial charge >= 0.3 is 0 Å². The molecule has 0 aromatic carbocycles. The zero-order chi connectivity index (χ0) is 24.1. The number of nitrogens with one attached hydrogen (secondary N) is 1. The van der Waals surface area contributed by atoms with E-state index in [0.29, 0.717) is 0 Å². The van der Waals surface area contributed by atoms with Gasteiger partial charge in [-0.3, -0.25) is 0 Å². The van der Waals surface area contributed by atoms with Crippen LogP contribution < -0.4 is 5.32 Å². The molecule has 1 aliphatic rings. The lowest BCUT2D eigenvalue weighted by molar-refractivity contribution is 0.190. The fraction of sp³-hybridized carbons (Fsp3) is 0.692. The number of likely N-dealkylation sites (N-methyl/N-ethyl adjacent to an activating group) is 1. The van der Waals surface area contributed by atoms with Crippen molar-refractivity contribution in [3.8, 4) is 0 Å². The SMILES string of the molecule is C=C(/C=C\C(CCC)c1nc(C)c(C)c(NCCCN(C)C)n1)N1CCN(C)CC1.CC. The minimum Gasteiger partial charge on any atom is -0.370 e. The Morgan fingerprint density at radius 3 is 2.41 bits per heavy atom. The minimum absolute atomic E-state index is 0.209. The minimum atomic E-state index is 0.209. The van der Waals surface area contributed by atoms with Crippen molar-refractivity contribution in [3.63, 3.8) is 0 Å². The summed E-state index contributed by atoms with van der Waals surface area (Å²) in [5.41, 5.74) is 3.29. The van der Waals surface area contributed by atoms with E-state index in [-0.39, 0.29) is 5.92 Å². The summed E-state index contributed by atoms with van der Waals surface area (Å²) in [6, 6.07) is 0. The molecule has 0 radical (unpaired) electrons. The fourth-order valence-corrected chi connectivity index (χ4v) is 3.64. The normalized spacial score (nSPS) is 15.6. The molecule has 0 bridgehead atoms. The van der Waals surface area contributed by atoms with E-state index in [2.05, 4.69) is 80.7 Å². The molecule has 0 aliphatic carbocycles. The average Bonchev–Trinajstić information content (AvgIpc) is 2.78. The molecule has 6 heteroatoms. The Balaban J connectivity index is 0.00000249. The van der Waals surface area contributed by atoms with E-state index in [9.17, 15) is 0 Å². The van der Waals surface area contributed by atoms with E-state index in [1.165, 1.54) is 0 Å². The Morgan fingerprint density at radius 2 is 1.81 bits per heavy atom. The number of hydrogen-bond acceptors (Lipinski definition) is 6. The van der Waals surface area contributed by atoms with Crippen molar-refractivity contribution < 1.29 is 0 Å². The summed E-state index contributed by atoms with van der Waals surface area (Å²) in [6.45, 7) is 21.0. The molecule has 1 N–H and O–H groups in total. The lowest BCUT2D eigenvalue weighted by atomic mass is 10.0. The first kappa shape index (κ1) is 28.1. The second-order valence-electron chi connectivity index (χ2n) is 8.76. The monoisotopic (exact) mass is 444 g/mol. The molecule has 2 rings (SSSR count). The van der Waals surface area contributed by atoms with Crippen LogP contribution in [0.3, 0.4) is 0 Å². The first-order chi connectivity index (χ1) is 15.3. The molecule has 2 heterocycles. The maximum Gasteiger partial charge on any atom is 0.137 e. The maximum absolute atomic E-state index is 4.93. The number of nitrogens with zero attached hydrogens (tertiary/aromatic N) is 5. The standard InChI is InChI=1S/C24H42N6.C2H6/c1-8-10-22(12-11-19(2)30-17-15-29(7)16-18-30)24-26-21(4)20(3)23(27-24)25-13-9-14-28(5)6;1-2/h11-12,22H,2,8-10,13-18H2,1,3-7H3,(H,25,26,27);1-2H3/b12-11-;. The maximum atomic E-state index is 4.93. The van der Waals surface area contributed by atoms with Crippen molar-refractivity contribution in [2.24, 2.45) is 0 Å². The summed E-state index contributed by atoms with van der Waals surface area (Å²) in [5.74, 6) is 2.10. The number of aromatic nitrogens is 2. The van der Waals surface area contributed by atoms with Crippen LogP contribution in [0, 0.1) is 13.8 Å². The molecule has 182 valence electrons. The zero-order valence-corrected chi connectivity index (χ0v) is 22.0. The van der Waals surface area contributed by atoms with Gasteiger partial charge in [-0.2, -0.15) is 0 Å². The van der Waals surface area contributed by atoms with Crippen LogP contribution in [0.4, 0.5) is 5.82 Å². The number of aryl methyl sites for hydroxylation is 1. The van der Waals surface area contributed by atoms with Gasteiger partial charge in [-0.25, -0.2) is 9.97 Å². The molecule has 1 fully saturated rings. The molecule has 6 nitrogen and oxygen atoms in total. The van der Waals surface area contributed by atoms with Crippen molar-refractivity contribution in [2.45, 2.75) is 59.8 Å². The summed E-state index contributed by atoms with van der Waals surface area (Å²) in [7, 11) is 6.39. The number of anilines is 1. The fourth-order valence-electron chi connectivity index (χ4n) is 3.64. The highest BCUT2D eigenvalue weighted by Crippen LogP contribution is 2.25. The predicted octanol–water partition coefficient (Wildman–Crippen LogP) is 4.68. The van der Waals surface area contributed by atoms with E-state index in [1.54, 1.807) is 0 Å². The molecular weight excluding hydrogens is 396 g/mol. The molecule has 0 amide bonds. The van der Waals surface area contributed by atoms with Gasteiger partial charge in [-0.1, -0.05) is 39.8 Å². The van der Waals surface area contributed by atoms with Gasteiger partial charge in [-0.15, -0.1) is 0 Å². The van der Waals surface area contributed by atoms with Crippen LogP contribution in [0.25, 0.3) is 0 Å². The molecule has 1 aromatic heterocycles. The Bertz CT molecular complexity index is 705. The summed E-state index contributed by atoms with van der Waals surface area (Å²) in [4.78, 5) is 16.7. The number of allylic oxidation sites excluding steroid dienone is 2. The van der Waals surface area contributed by atoms with Gasteiger partial charge in [0.1, 0.15) is 11.6 Å². The lowest BCUT2D eigenvalue weighted by Gasteiger charge is -2.34. The number of piperazine rings is 1. The van der Waals surface area contributed by atoms with Crippen LogP contribution >= 0.6 is 0 Å². The highest BCUT2D eigenvalue weighted by Gasteiger charge is 2.17. The van der Waals surface area contributed by atoms with Gasteiger partial charge in [0.25, 0.3) is 0 Å². The molecular formula is C26H48N6. The van der Waals surface area contributed by atoms with Crippen LogP contribution in [-0.4, -0.2) is 85.1 Å². The Kier molecular flexibility index (Phi) is 13.2. The molecule has 32 heavy (non-hydrogen) atoms. The van der Waals surface area contributed by atoms with Crippen LogP contribution in [0.2, 0.25) is 0 Å².